The van der Waals surface area contributed by atoms with E-state index >= 15 is 0 Å². The van der Waals surface area contributed by atoms with Crippen molar-refractivity contribution in [3.63, 3.8) is 0 Å². The van der Waals surface area contributed by atoms with Gasteiger partial charge in [-0.05, 0) is 68.8 Å². The van der Waals surface area contributed by atoms with E-state index in [2.05, 4.69) is 0 Å². The molecule has 24 heavy (non-hydrogen) atoms. The summed E-state index contributed by atoms with van der Waals surface area (Å²) in [7, 11) is 0. The Balaban J connectivity index is 1.80. The molecular formula is C22H20O2. The molecule has 2 heteroatoms. The number of benzene rings is 3. The first-order valence-corrected chi connectivity index (χ1v) is 7.99. The standard InChI is InChI=1S/C22H20O2/c1-15-5-10-19(11-6-15)24-20-12-8-18(9-13-20)22(23)21-14-16(2)4-7-17(21)3/h4-14H,1-3H3. The van der Waals surface area contributed by atoms with E-state index in [0.29, 0.717) is 5.56 Å². The largest absolute Gasteiger partial charge is 0.457 e. The van der Waals surface area contributed by atoms with Crippen LogP contribution >= 0.6 is 0 Å². The van der Waals surface area contributed by atoms with E-state index in [1.807, 2.05) is 87.5 Å². The summed E-state index contributed by atoms with van der Waals surface area (Å²) in [5.74, 6) is 1.55. The fraction of sp³-hybridized carbons (Fsp3) is 0.136. The summed E-state index contributed by atoms with van der Waals surface area (Å²) in [6.07, 6.45) is 0. The monoisotopic (exact) mass is 316 g/mol. The number of hydrogen-bond donors (Lipinski definition) is 0. The Morgan fingerprint density at radius 1 is 0.708 bits per heavy atom. The van der Waals surface area contributed by atoms with Gasteiger partial charge in [0.15, 0.2) is 5.78 Å². The second kappa shape index (κ2) is 6.71. The molecule has 0 radical (unpaired) electrons. The average molecular weight is 316 g/mol. The highest BCUT2D eigenvalue weighted by atomic mass is 16.5. The zero-order valence-corrected chi connectivity index (χ0v) is 14.2. The van der Waals surface area contributed by atoms with Crippen LogP contribution in [0.25, 0.3) is 0 Å². The average Bonchev–Trinajstić information content (AvgIpc) is 2.59. The molecule has 0 saturated carbocycles. The van der Waals surface area contributed by atoms with E-state index in [0.717, 1.165) is 28.2 Å². The topological polar surface area (TPSA) is 26.3 Å². The van der Waals surface area contributed by atoms with Crippen molar-refractivity contribution in [2.75, 3.05) is 0 Å². The highest BCUT2D eigenvalue weighted by Gasteiger charge is 2.12. The van der Waals surface area contributed by atoms with Gasteiger partial charge in [-0.15, -0.1) is 0 Å². The van der Waals surface area contributed by atoms with Crippen LogP contribution in [0.3, 0.4) is 0 Å². The summed E-state index contributed by atoms with van der Waals surface area (Å²) < 4.78 is 5.81. The third kappa shape index (κ3) is 3.54. The Morgan fingerprint density at radius 3 is 1.88 bits per heavy atom. The fourth-order valence-electron chi connectivity index (χ4n) is 2.55. The lowest BCUT2D eigenvalue weighted by atomic mass is 9.97. The molecule has 120 valence electrons. The van der Waals surface area contributed by atoms with Crippen molar-refractivity contribution in [2.45, 2.75) is 20.8 Å². The van der Waals surface area contributed by atoms with Gasteiger partial charge in [-0.2, -0.15) is 0 Å². The van der Waals surface area contributed by atoms with Gasteiger partial charge in [0.05, 0.1) is 0 Å². The van der Waals surface area contributed by atoms with Crippen molar-refractivity contribution >= 4 is 5.78 Å². The lowest BCUT2D eigenvalue weighted by Crippen LogP contribution is -2.04. The fourth-order valence-corrected chi connectivity index (χ4v) is 2.55. The summed E-state index contributed by atoms with van der Waals surface area (Å²) in [6.45, 7) is 5.99. The van der Waals surface area contributed by atoms with Crippen LogP contribution in [0.1, 0.15) is 32.6 Å². The zero-order chi connectivity index (χ0) is 17.1. The second-order valence-corrected chi connectivity index (χ2v) is 6.09. The number of rotatable bonds is 4. The van der Waals surface area contributed by atoms with Gasteiger partial charge in [-0.25, -0.2) is 0 Å². The molecule has 0 saturated heterocycles. The molecule has 3 rings (SSSR count). The van der Waals surface area contributed by atoms with E-state index in [4.69, 9.17) is 4.74 Å². The summed E-state index contributed by atoms with van der Waals surface area (Å²) in [5.41, 5.74) is 4.69. The summed E-state index contributed by atoms with van der Waals surface area (Å²) >= 11 is 0. The maximum Gasteiger partial charge on any atom is 0.193 e. The molecule has 0 heterocycles. The Morgan fingerprint density at radius 2 is 1.25 bits per heavy atom. The van der Waals surface area contributed by atoms with Crippen molar-refractivity contribution < 1.29 is 9.53 Å². The number of ketones is 1. The van der Waals surface area contributed by atoms with Crippen LogP contribution in [-0.2, 0) is 0 Å². The third-order valence-electron chi connectivity index (χ3n) is 4.01. The van der Waals surface area contributed by atoms with Gasteiger partial charge in [0.25, 0.3) is 0 Å². The molecule has 0 unspecified atom stereocenters. The van der Waals surface area contributed by atoms with E-state index in [-0.39, 0.29) is 5.78 Å². The number of ether oxygens (including phenoxy) is 1. The van der Waals surface area contributed by atoms with Gasteiger partial charge >= 0.3 is 0 Å². The Bertz CT molecular complexity index is 859. The lowest BCUT2D eigenvalue weighted by Gasteiger charge is -2.09. The number of aryl methyl sites for hydroxylation is 3. The first-order chi connectivity index (χ1) is 11.5. The highest BCUT2D eigenvalue weighted by Crippen LogP contribution is 2.23. The van der Waals surface area contributed by atoms with Gasteiger partial charge in [0, 0.05) is 11.1 Å². The molecule has 0 N–H and O–H groups in total. The predicted octanol–water partition coefficient (Wildman–Crippen LogP) is 5.64. The Hall–Kier alpha value is -2.87. The molecular weight excluding hydrogens is 296 g/mol. The van der Waals surface area contributed by atoms with Crippen molar-refractivity contribution in [1.82, 2.24) is 0 Å². The van der Waals surface area contributed by atoms with Crippen molar-refractivity contribution in [3.05, 3.63) is 94.5 Å². The summed E-state index contributed by atoms with van der Waals surface area (Å²) in [5, 5.41) is 0. The first kappa shape index (κ1) is 16.0. The van der Waals surface area contributed by atoms with Crippen molar-refractivity contribution in [1.29, 1.82) is 0 Å². The number of hydrogen-bond acceptors (Lipinski definition) is 2. The summed E-state index contributed by atoms with van der Waals surface area (Å²) in [4.78, 5) is 12.7. The van der Waals surface area contributed by atoms with Gasteiger partial charge in [0.1, 0.15) is 11.5 Å². The van der Waals surface area contributed by atoms with Crippen molar-refractivity contribution in [2.24, 2.45) is 0 Å². The highest BCUT2D eigenvalue weighted by molar-refractivity contribution is 6.10. The second-order valence-electron chi connectivity index (χ2n) is 6.09. The van der Waals surface area contributed by atoms with Crippen LogP contribution in [0.5, 0.6) is 11.5 Å². The minimum atomic E-state index is 0.0399. The Labute approximate surface area is 142 Å². The van der Waals surface area contributed by atoms with E-state index in [9.17, 15) is 4.79 Å². The molecule has 0 aliphatic heterocycles. The lowest BCUT2D eigenvalue weighted by molar-refractivity contribution is 0.103. The number of carbonyl (C=O) groups excluding carboxylic acids is 1. The molecule has 0 aromatic heterocycles. The van der Waals surface area contributed by atoms with Crippen LogP contribution in [0, 0.1) is 20.8 Å². The van der Waals surface area contributed by atoms with Gasteiger partial charge < -0.3 is 4.74 Å². The molecule has 0 fully saturated rings. The molecule has 3 aromatic carbocycles. The maximum absolute atomic E-state index is 12.7. The first-order valence-electron chi connectivity index (χ1n) is 7.99. The quantitative estimate of drug-likeness (QED) is 0.583. The van der Waals surface area contributed by atoms with Crippen LogP contribution < -0.4 is 4.74 Å². The van der Waals surface area contributed by atoms with Crippen LogP contribution in [0.2, 0.25) is 0 Å². The molecule has 0 aliphatic carbocycles. The van der Waals surface area contributed by atoms with Crippen LogP contribution in [0.4, 0.5) is 0 Å². The van der Waals surface area contributed by atoms with E-state index < -0.39 is 0 Å². The van der Waals surface area contributed by atoms with Crippen LogP contribution in [-0.4, -0.2) is 5.78 Å². The molecule has 0 spiro atoms. The van der Waals surface area contributed by atoms with Crippen molar-refractivity contribution in [3.8, 4) is 11.5 Å². The minimum Gasteiger partial charge on any atom is -0.457 e. The van der Waals surface area contributed by atoms with Gasteiger partial charge in [0.2, 0.25) is 0 Å². The van der Waals surface area contributed by atoms with Gasteiger partial charge in [-0.3, -0.25) is 4.79 Å². The van der Waals surface area contributed by atoms with Crippen LogP contribution in [0.15, 0.2) is 66.7 Å². The van der Waals surface area contributed by atoms with E-state index in [1.165, 1.54) is 5.56 Å². The SMILES string of the molecule is Cc1ccc(Oc2ccc(C(=O)c3cc(C)ccc3C)cc2)cc1. The molecule has 0 aliphatic rings. The molecule has 3 aromatic rings. The third-order valence-corrected chi connectivity index (χ3v) is 4.01. The minimum absolute atomic E-state index is 0.0399. The van der Waals surface area contributed by atoms with Gasteiger partial charge in [-0.1, -0.05) is 35.4 Å². The van der Waals surface area contributed by atoms with E-state index in [1.54, 1.807) is 0 Å². The normalized spacial score (nSPS) is 10.5. The zero-order valence-electron chi connectivity index (χ0n) is 14.2. The summed E-state index contributed by atoms with van der Waals surface area (Å²) in [6, 6.07) is 21.1. The predicted molar refractivity (Wildman–Crippen MR) is 97.0 cm³/mol. The molecule has 0 amide bonds. The number of carbonyl (C=O) groups is 1. The molecule has 0 atom stereocenters. The smallest absolute Gasteiger partial charge is 0.193 e. The molecule has 0 bridgehead atoms. The maximum atomic E-state index is 12.7. The molecule has 2 nitrogen and oxygen atoms in total. The Kier molecular flexibility index (Phi) is 4.48.